The summed E-state index contributed by atoms with van der Waals surface area (Å²) in [6, 6.07) is 7.44. The van der Waals surface area contributed by atoms with Crippen molar-refractivity contribution in [1.29, 1.82) is 0 Å². The van der Waals surface area contributed by atoms with E-state index < -0.39 is 0 Å². The molecule has 0 amide bonds. The van der Waals surface area contributed by atoms with E-state index in [0.29, 0.717) is 6.04 Å². The third-order valence-corrected chi connectivity index (χ3v) is 4.46. The van der Waals surface area contributed by atoms with Crippen LogP contribution < -0.4 is 10.6 Å². The second-order valence-corrected chi connectivity index (χ2v) is 6.11. The highest BCUT2D eigenvalue weighted by Crippen LogP contribution is 2.23. The van der Waals surface area contributed by atoms with Gasteiger partial charge in [0.2, 0.25) is 0 Å². The van der Waals surface area contributed by atoms with Gasteiger partial charge in [0.1, 0.15) is 0 Å². The zero-order valence-electron chi connectivity index (χ0n) is 13.9. The lowest BCUT2D eigenvalue weighted by Crippen LogP contribution is -2.32. The highest BCUT2D eigenvalue weighted by Gasteiger charge is 2.11. The second-order valence-electron chi connectivity index (χ2n) is 6.11. The van der Waals surface area contributed by atoms with Gasteiger partial charge in [-0.3, -0.25) is 0 Å². The van der Waals surface area contributed by atoms with Crippen LogP contribution in [0, 0.1) is 0 Å². The predicted molar refractivity (Wildman–Crippen MR) is 92.2 cm³/mol. The lowest BCUT2D eigenvalue weighted by Gasteiger charge is -2.19. The minimum Gasteiger partial charge on any atom is -0.384 e. The van der Waals surface area contributed by atoms with E-state index in [1.807, 2.05) is 0 Å². The van der Waals surface area contributed by atoms with Crippen LogP contribution in [0.1, 0.15) is 38.3 Å². The van der Waals surface area contributed by atoms with Crippen LogP contribution in [0.15, 0.2) is 18.2 Å². The van der Waals surface area contributed by atoms with E-state index >= 15 is 0 Å². The third-order valence-electron chi connectivity index (χ3n) is 4.46. The van der Waals surface area contributed by atoms with Gasteiger partial charge in [0.15, 0.2) is 0 Å². The van der Waals surface area contributed by atoms with Gasteiger partial charge in [0, 0.05) is 18.3 Å². The van der Waals surface area contributed by atoms with Gasteiger partial charge in [0.25, 0.3) is 0 Å². The quantitative estimate of drug-likeness (QED) is 0.685. The summed E-state index contributed by atoms with van der Waals surface area (Å²) in [4.78, 5) is 2.49. The molecule has 21 heavy (non-hydrogen) atoms. The molecule has 1 aromatic carbocycles. The highest BCUT2D eigenvalue weighted by molar-refractivity contribution is 5.56. The maximum Gasteiger partial charge on any atom is 0.0373 e. The van der Waals surface area contributed by atoms with Crippen molar-refractivity contribution >= 4 is 5.69 Å². The van der Waals surface area contributed by atoms with Crippen LogP contribution in [0.2, 0.25) is 0 Å². The zero-order valence-corrected chi connectivity index (χ0v) is 13.9. The molecule has 1 aromatic rings. The minimum atomic E-state index is 0.550. The number of benzene rings is 1. The van der Waals surface area contributed by atoms with Crippen LogP contribution in [0.4, 0.5) is 5.69 Å². The Morgan fingerprint density at radius 3 is 2.86 bits per heavy atom. The molecule has 0 fully saturated rings. The number of nitrogens with zero attached hydrogens (tertiary/aromatic N) is 1. The van der Waals surface area contributed by atoms with Crippen molar-refractivity contribution in [3.8, 4) is 0 Å². The van der Waals surface area contributed by atoms with Crippen LogP contribution in [0.3, 0.4) is 0 Å². The molecule has 0 radical (unpaired) electrons. The van der Waals surface area contributed by atoms with Gasteiger partial charge in [-0.2, -0.15) is 0 Å². The molecule has 0 bridgehead atoms. The molecule has 3 nitrogen and oxygen atoms in total. The predicted octanol–water partition coefficient (Wildman–Crippen LogP) is 2.91. The Morgan fingerprint density at radius 2 is 2.10 bits per heavy atom. The number of fused-ring (bicyclic) bond motifs is 1. The topological polar surface area (TPSA) is 27.3 Å². The summed E-state index contributed by atoms with van der Waals surface area (Å²) in [5.41, 5.74) is 4.28. The van der Waals surface area contributed by atoms with Crippen molar-refractivity contribution in [2.75, 3.05) is 38.0 Å². The van der Waals surface area contributed by atoms with Gasteiger partial charge in [-0.05, 0) is 69.6 Å². The Hall–Kier alpha value is -1.06. The summed E-state index contributed by atoms with van der Waals surface area (Å²) in [5.74, 6) is 0. The molecule has 2 rings (SSSR count). The summed E-state index contributed by atoms with van der Waals surface area (Å²) in [7, 11) is 0. The largest absolute Gasteiger partial charge is 0.384 e. The highest BCUT2D eigenvalue weighted by atomic mass is 15.1. The molecular weight excluding hydrogens is 258 g/mol. The number of hydrogen-bond donors (Lipinski definition) is 2. The Labute approximate surface area is 130 Å². The lowest BCUT2D eigenvalue weighted by atomic mass is 10.0. The summed E-state index contributed by atoms with van der Waals surface area (Å²) >= 11 is 0. The summed E-state index contributed by atoms with van der Waals surface area (Å²) in [6.07, 6.45) is 3.54. The van der Waals surface area contributed by atoms with Crippen molar-refractivity contribution in [3.63, 3.8) is 0 Å². The second kappa shape index (κ2) is 8.40. The van der Waals surface area contributed by atoms with Gasteiger partial charge in [-0.1, -0.05) is 26.0 Å². The molecule has 0 spiro atoms. The van der Waals surface area contributed by atoms with Crippen molar-refractivity contribution < 1.29 is 0 Å². The Morgan fingerprint density at radius 1 is 1.29 bits per heavy atom. The van der Waals surface area contributed by atoms with E-state index in [4.69, 9.17) is 0 Å². The molecule has 1 atom stereocenters. The first-order chi connectivity index (χ1) is 10.2. The van der Waals surface area contributed by atoms with E-state index in [1.165, 1.54) is 36.2 Å². The van der Waals surface area contributed by atoms with Crippen molar-refractivity contribution in [2.24, 2.45) is 0 Å². The van der Waals surface area contributed by atoms with Crippen LogP contribution >= 0.6 is 0 Å². The smallest absolute Gasteiger partial charge is 0.0373 e. The van der Waals surface area contributed by atoms with Gasteiger partial charge in [-0.15, -0.1) is 0 Å². The molecule has 2 N–H and O–H groups in total. The zero-order chi connectivity index (χ0) is 15.1. The van der Waals surface area contributed by atoms with E-state index in [1.54, 1.807) is 0 Å². The molecule has 0 saturated heterocycles. The summed E-state index contributed by atoms with van der Waals surface area (Å²) in [6.45, 7) is 12.5. The van der Waals surface area contributed by atoms with Gasteiger partial charge >= 0.3 is 0 Å². The summed E-state index contributed by atoms with van der Waals surface area (Å²) in [5, 5.41) is 7.08. The molecule has 0 aliphatic carbocycles. The van der Waals surface area contributed by atoms with Gasteiger partial charge in [0.05, 0.1) is 0 Å². The fourth-order valence-electron chi connectivity index (χ4n) is 3.10. The van der Waals surface area contributed by atoms with Crippen molar-refractivity contribution in [3.05, 3.63) is 29.3 Å². The third kappa shape index (κ3) is 5.01. The van der Waals surface area contributed by atoms with E-state index in [2.05, 4.69) is 54.5 Å². The first-order valence-electron chi connectivity index (χ1n) is 8.54. The lowest BCUT2D eigenvalue weighted by molar-refractivity contribution is 0.296. The first kappa shape index (κ1) is 16.3. The van der Waals surface area contributed by atoms with Gasteiger partial charge < -0.3 is 15.5 Å². The molecule has 1 aliphatic heterocycles. The first-order valence-corrected chi connectivity index (χ1v) is 8.54. The molecule has 118 valence electrons. The van der Waals surface area contributed by atoms with Crippen LogP contribution in [-0.4, -0.2) is 43.7 Å². The van der Waals surface area contributed by atoms with E-state index in [9.17, 15) is 0 Å². The summed E-state index contributed by atoms with van der Waals surface area (Å²) < 4.78 is 0. The SMILES string of the molecule is CCN(CC)CCCNC(C)Cc1ccc2c(c1)CCN2. The maximum atomic E-state index is 3.66. The Balaban J connectivity index is 1.68. The van der Waals surface area contributed by atoms with Crippen LogP contribution in [0.25, 0.3) is 0 Å². The Kier molecular flexibility index (Phi) is 6.52. The number of hydrogen-bond acceptors (Lipinski definition) is 3. The van der Waals surface area contributed by atoms with E-state index in [0.717, 1.165) is 32.6 Å². The standard InChI is InChI=1S/C18H31N3/c1-4-21(5-2)12-6-10-19-15(3)13-16-7-8-18-17(14-16)9-11-20-18/h7-8,14-15,19-20H,4-6,9-13H2,1-3H3. The number of nitrogens with one attached hydrogen (secondary N) is 2. The van der Waals surface area contributed by atoms with E-state index in [-0.39, 0.29) is 0 Å². The normalized spacial score (nSPS) is 15.0. The fourth-order valence-corrected chi connectivity index (χ4v) is 3.10. The molecule has 0 aromatic heterocycles. The Bertz CT molecular complexity index is 426. The maximum absolute atomic E-state index is 3.66. The molecule has 1 aliphatic rings. The van der Waals surface area contributed by atoms with Crippen LogP contribution in [-0.2, 0) is 12.8 Å². The monoisotopic (exact) mass is 289 g/mol. The molecule has 1 unspecified atom stereocenters. The molecular formula is C18H31N3. The van der Waals surface area contributed by atoms with Crippen LogP contribution in [0.5, 0.6) is 0 Å². The minimum absolute atomic E-state index is 0.550. The number of rotatable bonds is 9. The van der Waals surface area contributed by atoms with Gasteiger partial charge in [-0.25, -0.2) is 0 Å². The molecule has 3 heteroatoms. The number of anilines is 1. The van der Waals surface area contributed by atoms with Crippen molar-refractivity contribution in [2.45, 2.75) is 46.1 Å². The average molecular weight is 289 g/mol. The fraction of sp³-hybridized carbons (Fsp3) is 0.667. The van der Waals surface area contributed by atoms with Crippen molar-refractivity contribution in [1.82, 2.24) is 10.2 Å². The molecule has 0 saturated carbocycles. The molecule has 1 heterocycles. The average Bonchev–Trinajstić information content (AvgIpc) is 2.95.